The van der Waals surface area contributed by atoms with Gasteiger partial charge < -0.3 is 0 Å². The van der Waals surface area contributed by atoms with Gasteiger partial charge in [0.05, 0.1) is 0 Å². The normalized spacial score (nSPS) is 29.6. The third-order valence-corrected chi connectivity index (χ3v) is 12.7. The van der Waals surface area contributed by atoms with Crippen molar-refractivity contribution in [3.63, 3.8) is 0 Å². The van der Waals surface area contributed by atoms with Crippen LogP contribution in [0, 0.1) is 58.2 Å². The van der Waals surface area contributed by atoms with Gasteiger partial charge in [-0.3, -0.25) is 0 Å². The molecule has 0 saturated heterocycles. The van der Waals surface area contributed by atoms with Crippen LogP contribution >= 0.6 is 0 Å². The van der Waals surface area contributed by atoms with E-state index in [2.05, 4.69) is 69.2 Å². The van der Waals surface area contributed by atoms with E-state index >= 15 is 0 Å². The summed E-state index contributed by atoms with van der Waals surface area (Å²) in [4.78, 5) is 0. The van der Waals surface area contributed by atoms with Crippen LogP contribution in [0.5, 0.6) is 0 Å². The van der Waals surface area contributed by atoms with Gasteiger partial charge >= 0.3 is 0 Å². The highest BCUT2D eigenvalue weighted by molar-refractivity contribution is 4.87. The van der Waals surface area contributed by atoms with Crippen molar-refractivity contribution in [2.24, 2.45) is 58.2 Å². The fraction of sp³-hybridized carbons (Fsp3) is 1.00. The van der Waals surface area contributed by atoms with Crippen LogP contribution in [0.25, 0.3) is 0 Å². The third kappa shape index (κ3) is 13.1. The number of hydrogen-bond acceptors (Lipinski definition) is 0. The highest BCUT2D eigenvalue weighted by Gasteiger charge is 2.37. The van der Waals surface area contributed by atoms with Crippen LogP contribution < -0.4 is 0 Å². The summed E-state index contributed by atoms with van der Waals surface area (Å²) >= 11 is 0. The van der Waals surface area contributed by atoms with Crippen LogP contribution in [0.15, 0.2) is 0 Å². The maximum Gasteiger partial charge on any atom is -0.0323 e. The molecule has 0 amide bonds. The maximum absolute atomic E-state index is 2.54. The first kappa shape index (κ1) is 36.2. The van der Waals surface area contributed by atoms with E-state index in [0.29, 0.717) is 10.8 Å². The van der Waals surface area contributed by atoms with Gasteiger partial charge in [-0.2, -0.15) is 0 Å². The van der Waals surface area contributed by atoms with E-state index in [9.17, 15) is 0 Å². The van der Waals surface area contributed by atoms with Gasteiger partial charge in [0.25, 0.3) is 0 Å². The molecular weight excluding hydrogens is 480 g/mol. The zero-order chi connectivity index (χ0) is 29.8. The SMILES string of the molecule is C[C@H](CCCC[C@H](C)CCC[C@H](C)CC[C@@H]1[C@@H](C)CCCC1(C)C)CCC[C@H](C)CC[C@@H]1[C@@H](C)CCCC1(C)C. The van der Waals surface area contributed by atoms with Crippen LogP contribution in [-0.4, -0.2) is 0 Å². The van der Waals surface area contributed by atoms with Crippen LogP contribution in [0.4, 0.5) is 0 Å². The Hall–Kier alpha value is 0. The molecule has 0 N–H and O–H groups in total. The molecule has 8 atom stereocenters. The molecule has 238 valence electrons. The summed E-state index contributed by atoms with van der Waals surface area (Å²) in [6.07, 6.45) is 29.2. The second-order valence-electron chi connectivity index (χ2n) is 17.7. The summed E-state index contributed by atoms with van der Waals surface area (Å²) in [5.41, 5.74) is 1.15. The highest BCUT2D eigenvalue weighted by Crippen LogP contribution is 2.47. The van der Waals surface area contributed by atoms with E-state index in [1.807, 2.05) is 0 Å². The number of unbranched alkanes of at least 4 members (excludes halogenated alkanes) is 1. The molecule has 0 heterocycles. The van der Waals surface area contributed by atoms with Gasteiger partial charge in [0, 0.05) is 0 Å². The molecule has 0 unspecified atom stereocenters. The molecule has 0 bridgehead atoms. The van der Waals surface area contributed by atoms with Gasteiger partial charge in [-0.05, 0) is 83.9 Å². The Morgan fingerprint density at radius 2 is 0.775 bits per heavy atom. The summed E-state index contributed by atoms with van der Waals surface area (Å²) in [6.45, 7) is 25.3. The minimum Gasteiger partial charge on any atom is -0.0625 e. The standard InChI is InChI=1S/C40H78/c1-31(19-13-21-33(3)25-27-37-35(5)23-15-29-39(37,7)8)17-11-12-18-32(2)20-14-22-34(4)26-28-38-36(6)24-16-30-40(38,9)10/h31-38H,11-30H2,1-10H3/t31-,32+,33-,34-,35-,36-,37+,38+/m0/s1. The predicted octanol–water partition coefficient (Wildman–Crippen LogP) is 13.9. The first-order valence-electron chi connectivity index (χ1n) is 18.8. The molecule has 0 spiro atoms. The van der Waals surface area contributed by atoms with Crippen LogP contribution in [0.3, 0.4) is 0 Å². The van der Waals surface area contributed by atoms with Gasteiger partial charge in [-0.25, -0.2) is 0 Å². The lowest BCUT2D eigenvalue weighted by molar-refractivity contribution is 0.0705. The van der Waals surface area contributed by atoms with Gasteiger partial charge in [-0.1, -0.05) is 172 Å². The lowest BCUT2D eigenvalue weighted by Crippen LogP contribution is -2.33. The summed E-state index contributed by atoms with van der Waals surface area (Å²) in [5, 5.41) is 0. The topological polar surface area (TPSA) is 0 Å². The fourth-order valence-electron chi connectivity index (χ4n) is 9.54. The van der Waals surface area contributed by atoms with Gasteiger partial charge in [0.1, 0.15) is 0 Å². The van der Waals surface area contributed by atoms with Crippen LogP contribution in [0.2, 0.25) is 0 Å². The molecule has 40 heavy (non-hydrogen) atoms. The van der Waals surface area contributed by atoms with Crippen LogP contribution in [0.1, 0.15) is 198 Å². The Bertz CT molecular complexity index is 586. The van der Waals surface area contributed by atoms with Gasteiger partial charge in [-0.15, -0.1) is 0 Å². The predicted molar refractivity (Wildman–Crippen MR) is 182 cm³/mol. The Morgan fingerprint density at radius 1 is 0.475 bits per heavy atom. The van der Waals surface area contributed by atoms with Gasteiger partial charge in [0.2, 0.25) is 0 Å². The van der Waals surface area contributed by atoms with Gasteiger partial charge in [0.15, 0.2) is 0 Å². The zero-order valence-corrected chi connectivity index (χ0v) is 29.8. The van der Waals surface area contributed by atoms with E-state index in [4.69, 9.17) is 0 Å². The molecule has 0 aromatic heterocycles. The van der Waals surface area contributed by atoms with Crippen molar-refractivity contribution in [1.29, 1.82) is 0 Å². The molecule has 2 aliphatic carbocycles. The zero-order valence-electron chi connectivity index (χ0n) is 29.8. The largest absolute Gasteiger partial charge is 0.0625 e. The minimum atomic E-state index is 0.576. The molecule has 0 radical (unpaired) electrons. The summed E-state index contributed by atoms with van der Waals surface area (Å²) < 4.78 is 0. The molecule has 0 heteroatoms. The van der Waals surface area contributed by atoms with Crippen molar-refractivity contribution < 1.29 is 0 Å². The van der Waals surface area contributed by atoms with Crippen LogP contribution in [-0.2, 0) is 0 Å². The number of hydrogen-bond donors (Lipinski definition) is 0. The molecule has 2 rings (SSSR count). The first-order valence-corrected chi connectivity index (χ1v) is 18.8. The van der Waals surface area contributed by atoms with Crippen molar-refractivity contribution in [1.82, 2.24) is 0 Å². The average molecular weight is 559 g/mol. The molecule has 2 saturated carbocycles. The molecular formula is C40H78. The monoisotopic (exact) mass is 559 g/mol. The molecule has 0 nitrogen and oxygen atoms in total. The molecule has 2 fully saturated rings. The van der Waals surface area contributed by atoms with E-state index in [0.717, 1.165) is 47.3 Å². The Balaban J connectivity index is 1.46. The second kappa shape index (κ2) is 18.0. The third-order valence-electron chi connectivity index (χ3n) is 12.7. The smallest absolute Gasteiger partial charge is 0.0323 e. The summed E-state index contributed by atoms with van der Waals surface area (Å²) in [5.74, 6) is 7.49. The first-order chi connectivity index (χ1) is 18.8. The fourth-order valence-corrected chi connectivity index (χ4v) is 9.54. The number of rotatable bonds is 19. The van der Waals surface area contributed by atoms with Crippen molar-refractivity contribution in [3.05, 3.63) is 0 Å². The van der Waals surface area contributed by atoms with E-state index in [1.54, 1.807) is 0 Å². The summed E-state index contributed by atoms with van der Waals surface area (Å²) in [7, 11) is 0. The minimum absolute atomic E-state index is 0.576. The molecule has 2 aliphatic rings. The van der Waals surface area contributed by atoms with E-state index < -0.39 is 0 Å². The lowest BCUT2D eigenvalue weighted by atomic mass is 9.62. The maximum atomic E-state index is 2.54. The Labute approximate surface area is 255 Å². The molecule has 0 aliphatic heterocycles. The van der Waals surface area contributed by atoms with Crippen molar-refractivity contribution >= 4 is 0 Å². The Kier molecular flexibility index (Phi) is 16.2. The van der Waals surface area contributed by atoms with Crippen molar-refractivity contribution in [2.45, 2.75) is 198 Å². The molecule has 0 aromatic carbocycles. The van der Waals surface area contributed by atoms with E-state index in [-0.39, 0.29) is 0 Å². The second-order valence-corrected chi connectivity index (χ2v) is 17.7. The Morgan fingerprint density at radius 3 is 1.10 bits per heavy atom. The summed E-state index contributed by atoms with van der Waals surface area (Å²) in [6, 6.07) is 0. The average Bonchev–Trinajstić information content (AvgIpc) is 2.85. The lowest BCUT2D eigenvalue weighted by Gasteiger charge is -2.43. The van der Waals surface area contributed by atoms with Crippen molar-refractivity contribution in [2.75, 3.05) is 0 Å². The molecule has 0 aromatic rings. The van der Waals surface area contributed by atoms with E-state index in [1.165, 1.54) is 128 Å². The van der Waals surface area contributed by atoms with Crippen molar-refractivity contribution in [3.8, 4) is 0 Å². The highest BCUT2D eigenvalue weighted by atomic mass is 14.4. The quantitative estimate of drug-likeness (QED) is 0.138.